The predicted octanol–water partition coefficient (Wildman–Crippen LogP) is 4.02. The second-order valence-electron chi connectivity index (χ2n) is 8.18. The Hall–Kier alpha value is -2.34. The van der Waals surface area contributed by atoms with E-state index < -0.39 is 19.6 Å². The third kappa shape index (κ3) is 4.17. The van der Waals surface area contributed by atoms with Crippen LogP contribution in [0.4, 0.5) is 8.78 Å². The van der Waals surface area contributed by atoms with Crippen molar-refractivity contribution in [3.63, 3.8) is 0 Å². The molecule has 0 spiro atoms. The van der Waals surface area contributed by atoms with Gasteiger partial charge in [-0.2, -0.15) is 0 Å². The summed E-state index contributed by atoms with van der Waals surface area (Å²) in [6.45, 7) is 2.24. The lowest BCUT2D eigenvalue weighted by Crippen LogP contribution is -2.35. The molecule has 2 unspecified atom stereocenters. The van der Waals surface area contributed by atoms with Gasteiger partial charge in [0, 0.05) is 0 Å². The highest BCUT2D eigenvalue weighted by Crippen LogP contribution is 2.36. The second kappa shape index (κ2) is 9.26. The third-order valence-corrected chi connectivity index (χ3v) is 9.83. The van der Waals surface area contributed by atoms with Crippen molar-refractivity contribution in [2.24, 2.45) is 0 Å². The van der Waals surface area contributed by atoms with Crippen molar-refractivity contribution >= 4 is 50.5 Å². The maximum atomic E-state index is 13.7. The lowest BCUT2D eigenvalue weighted by atomic mass is 9.50. The van der Waals surface area contributed by atoms with Crippen LogP contribution in [0.15, 0.2) is 91.0 Å². The predicted molar refractivity (Wildman–Crippen MR) is 139 cm³/mol. The second-order valence-corrected chi connectivity index (χ2v) is 11.4. The van der Waals surface area contributed by atoms with Gasteiger partial charge in [-0.3, -0.25) is 0 Å². The monoisotopic (exact) mass is 458 g/mol. The molecule has 32 heavy (non-hydrogen) atoms. The maximum Gasteiger partial charge on any atom is 0.166 e. The van der Waals surface area contributed by atoms with Crippen LogP contribution in [-0.2, 0) is 6.42 Å². The highest BCUT2D eigenvalue weighted by atomic mass is 31.1. The average molecular weight is 458 g/mol. The van der Waals surface area contributed by atoms with Gasteiger partial charge in [0.2, 0.25) is 0 Å². The van der Waals surface area contributed by atoms with Gasteiger partial charge in [-0.15, -0.1) is 0 Å². The summed E-state index contributed by atoms with van der Waals surface area (Å²) in [4.78, 5) is 0. The standard InChI is InChI=1S/C27H23BF2P2/c1-31-26-16-19(28-23-14-18-15-24(29)25(30)17-22(18)23)12-13-27(26)32(20-8-4-2-5-9-20)21-10-6-3-7-11-21/h2-13,15-17,23,28,31H,14H2,1H3. The van der Waals surface area contributed by atoms with Crippen molar-refractivity contribution in [3.05, 3.63) is 114 Å². The van der Waals surface area contributed by atoms with E-state index in [1.165, 1.54) is 38.8 Å². The van der Waals surface area contributed by atoms with Gasteiger partial charge >= 0.3 is 0 Å². The zero-order chi connectivity index (χ0) is 22.1. The van der Waals surface area contributed by atoms with Gasteiger partial charge in [-0.05, 0) is 71.3 Å². The van der Waals surface area contributed by atoms with E-state index in [4.69, 9.17) is 0 Å². The molecule has 0 bridgehead atoms. The van der Waals surface area contributed by atoms with Gasteiger partial charge in [0.05, 0.1) is 0 Å². The maximum absolute atomic E-state index is 13.7. The molecule has 5 rings (SSSR count). The van der Waals surface area contributed by atoms with Crippen molar-refractivity contribution in [1.29, 1.82) is 0 Å². The first-order valence-electron chi connectivity index (χ1n) is 10.8. The molecule has 1 aliphatic rings. The minimum Gasteiger partial charge on any atom is -0.204 e. The van der Waals surface area contributed by atoms with Crippen LogP contribution in [0.25, 0.3) is 0 Å². The smallest absolute Gasteiger partial charge is 0.166 e. The van der Waals surface area contributed by atoms with Gasteiger partial charge < -0.3 is 0 Å². The van der Waals surface area contributed by atoms with Crippen LogP contribution >= 0.6 is 16.5 Å². The number of rotatable bonds is 6. The van der Waals surface area contributed by atoms with E-state index in [2.05, 4.69) is 85.5 Å². The molecule has 158 valence electrons. The summed E-state index contributed by atoms with van der Waals surface area (Å²) in [5.74, 6) is -1.21. The summed E-state index contributed by atoms with van der Waals surface area (Å²) < 4.78 is 27.2. The molecular weight excluding hydrogens is 435 g/mol. The first-order valence-corrected chi connectivity index (χ1v) is 13.7. The first kappa shape index (κ1) is 21.5. The fourth-order valence-electron chi connectivity index (χ4n) is 4.56. The average Bonchev–Trinajstić information content (AvgIpc) is 2.83. The van der Waals surface area contributed by atoms with E-state index >= 15 is 0 Å². The Morgan fingerprint density at radius 3 is 2.06 bits per heavy atom. The van der Waals surface area contributed by atoms with Crippen molar-refractivity contribution in [2.45, 2.75) is 12.2 Å². The van der Waals surface area contributed by atoms with E-state index in [-0.39, 0.29) is 5.82 Å². The van der Waals surface area contributed by atoms with Gasteiger partial charge in [0.25, 0.3) is 0 Å². The Balaban J connectivity index is 1.48. The topological polar surface area (TPSA) is 0 Å². The summed E-state index contributed by atoms with van der Waals surface area (Å²) in [5, 5.41) is 5.51. The van der Waals surface area contributed by atoms with Gasteiger partial charge in [0.15, 0.2) is 18.9 Å². The molecule has 0 aromatic heterocycles. The molecule has 0 N–H and O–H groups in total. The highest BCUT2D eigenvalue weighted by Gasteiger charge is 2.29. The summed E-state index contributed by atoms with van der Waals surface area (Å²) in [7, 11) is 0.925. The van der Waals surface area contributed by atoms with Crippen molar-refractivity contribution < 1.29 is 8.78 Å². The Morgan fingerprint density at radius 1 is 0.812 bits per heavy atom. The Kier molecular flexibility index (Phi) is 6.23. The molecular formula is C27H23BF2P2. The van der Waals surface area contributed by atoms with Gasteiger partial charge in [-0.25, -0.2) is 8.78 Å². The third-order valence-electron chi connectivity index (χ3n) is 6.17. The lowest BCUT2D eigenvalue weighted by Gasteiger charge is -2.30. The number of benzene rings is 4. The van der Waals surface area contributed by atoms with Crippen LogP contribution < -0.4 is 26.7 Å². The van der Waals surface area contributed by atoms with Crippen LogP contribution in [-0.4, -0.2) is 13.9 Å². The summed E-state index contributed by atoms with van der Waals surface area (Å²) in [5.41, 5.74) is 3.18. The fourth-order valence-corrected chi connectivity index (χ4v) is 8.22. The molecule has 1 aliphatic carbocycles. The summed E-state index contributed by atoms with van der Waals surface area (Å²) in [6, 6.07) is 31.1. The van der Waals surface area contributed by atoms with E-state index in [1.54, 1.807) is 0 Å². The van der Waals surface area contributed by atoms with Gasteiger partial charge in [0.1, 0.15) is 0 Å². The van der Waals surface area contributed by atoms with E-state index in [0.717, 1.165) is 24.8 Å². The van der Waals surface area contributed by atoms with E-state index in [9.17, 15) is 8.78 Å². The summed E-state index contributed by atoms with van der Waals surface area (Å²) in [6.07, 6.45) is 0.818. The normalized spacial score (nSPS) is 15.1. The van der Waals surface area contributed by atoms with Crippen LogP contribution in [0, 0.1) is 11.6 Å². The molecule has 0 saturated carbocycles. The zero-order valence-electron chi connectivity index (χ0n) is 17.9. The number of halogens is 2. The molecule has 5 heteroatoms. The van der Waals surface area contributed by atoms with Crippen molar-refractivity contribution in [3.8, 4) is 0 Å². The molecule has 0 aliphatic heterocycles. The molecule has 0 fully saturated rings. The SMILES string of the molecule is CPc1cc(BC2Cc3cc(F)c(F)cc32)ccc1P(c1ccccc1)c1ccccc1. The molecule has 0 amide bonds. The number of hydrogen-bond acceptors (Lipinski definition) is 0. The van der Waals surface area contributed by atoms with Crippen LogP contribution in [0.1, 0.15) is 16.9 Å². The zero-order valence-corrected chi connectivity index (χ0v) is 19.7. The lowest BCUT2D eigenvalue weighted by molar-refractivity contribution is 0.500. The largest absolute Gasteiger partial charge is 0.204 e. The van der Waals surface area contributed by atoms with Gasteiger partial charge in [-0.1, -0.05) is 92.9 Å². The Bertz CT molecular complexity index is 1210. The summed E-state index contributed by atoms with van der Waals surface area (Å²) >= 11 is 0. The van der Waals surface area contributed by atoms with Crippen molar-refractivity contribution in [2.75, 3.05) is 6.66 Å². The highest BCUT2D eigenvalue weighted by molar-refractivity contribution is 7.81. The van der Waals surface area contributed by atoms with Crippen LogP contribution in [0.2, 0.25) is 0 Å². The van der Waals surface area contributed by atoms with Crippen LogP contribution in [0.5, 0.6) is 0 Å². The van der Waals surface area contributed by atoms with E-state index in [0.29, 0.717) is 8.58 Å². The Morgan fingerprint density at radius 2 is 1.44 bits per heavy atom. The molecule has 2 atom stereocenters. The van der Waals surface area contributed by atoms with E-state index in [1.807, 2.05) is 0 Å². The fraction of sp³-hybridized carbons (Fsp3) is 0.111. The molecule has 4 aromatic rings. The van der Waals surface area contributed by atoms with Crippen molar-refractivity contribution in [1.82, 2.24) is 0 Å². The minimum atomic E-state index is -0.740. The molecule has 0 radical (unpaired) electrons. The molecule has 0 nitrogen and oxygen atoms in total. The number of fused-ring (bicyclic) bond motifs is 1. The van der Waals surface area contributed by atoms with Crippen LogP contribution in [0.3, 0.4) is 0 Å². The quantitative estimate of drug-likeness (QED) is 0.303. The Labute approximate surface area is 191 Å². The number of hydrogen-bond donors (Lipinski definition) is 0. The molecule has 0 heterocycles. The first-order chi connectivity index (χ1) is 15.6. The molecule has 0 saturated heterocycles. The minimum absolute atomic E-state index is 0.267. The molecule has 4 aromatic carbocycles.